The molecule has 6 atom stereocenters. The highest BCUT2D eigenvalue weighted by atomic mass is 16.3. The molecule has 4 bridgehead atoms. The van der Waals surface area contributed by atoms with Crippen molar-refractivity contribution >= 4 is 5.78 Å². The van der Waals surface area contributed by atoms with Crippen molar-refractivity contribution in [2.24, 2.45) is 29.6 Å². The maximum atomic E-state index is 11.7. The van der Waals surface area contributed by atoms with Gasteiger partial charge in [-0.1, -0.05) is 6.92 Å². The number of aliphatic hydroxyl groups is 1. The summed E-state index contributed by atoms with van der Waals surface area (Å²) in [5.41, 5.74) is 0. The first-order valence-corrected chi connectivity index (χ1v) is 5.87. The van der Waals surface area contributed by atoms with Crippen molar-refractivity contribution in [3.05, 3.63) is 0 Å². The van der Waals surface area contributed by atoms with Gasteiger partial charge >= 0.3 is 0 Å². The van der Waals surface area contributed by atoms with Crippen molar-refractivity contribution in [1.29, 1.82) is 0 Å². The minimum atomic E-state index is -0.153. The number of hydrogen-bond acceptors (Lipinski definition) is 2. The lowest BCUT2D eigenvalue weighted by molar-refractivity contribution is -0.123. The highest BCUT2D eigenvalue weighted by Crippen LogP contribution is 2.56. The van der Waals surface area contributed by atoms with Crippen LogP contribution in [0, 0.1) is 29.6 Å². The molecule has 0 aliphatic heterocycles. The van der Waals surface area contributed by atoms with Crippen LogP contribution in [0.4, 0.5) is 0 Å². The molecule has 0 aromatic heterocycles. The van der Waals surface area contributed by atoms with Gasteiger partial charge in [0.15, 0.2) is 0 Å². The highest BCUT2D eigenvalue weighted by Gasteiger charge is 2.55. The Bertz CT molecular complexity index is 273. The van der Waals surface area contributed by atoms with Gasteiger partial charge in [-0.15, -0.1) is 0 Å². The van der Waals surface area contributed by atoms with Crippen molar-refractivity contribution in [3.63, 3.8) is 0 Å². The second-order valence-electron chi connectivity index (χ2n) is 5.63. The van der Waals surface area contributed by atoms with E-state index in [9.17, 15) is 9.90 Å². The van der Waals surface area contributed by atoms with Crippen LogP contribution in [0.25, 0.3) is 0 Å². The zero-order chi connectivity index (χ0) is 9.87. The molecule has 0 amide bonds. The number of Topliss-reactive ketones (excluding diaryl/α,β-unsaturated/α-hetero) is 1. The fraction of sp³-hybridized carbons (Fsp3) is 0.917. The van der Waals surface area contributed by atoms with Crippen molar-refractivity contribution in [2.45, 2.75) is 38.7 Å². The van der Waals surface area contributed by atoms with E-state index in [2.05, 4.69) is 6.92 Å². The Morgan fingerprint density at radius 1 is 1.21 bits per heavy atom. The SMILES string of the molecule is C[C@H]1C[C@H]2[C@@H]3CC(=O)[C@H]2[C@@H](C3)C[C@@H]1O. The summed E-state index contributed by atoms with van der Waals surface area (Å²) in [4.78, 5) is 11.7. The number of aliphatic hydroxyl groups excluding tert-OH is 1. The van der Waals surface area contributed by atoms with Crippen LogP contribution in [0.2, 0.25) is 0 Å². The van der Waals surface area contributed by atoms with E-state index < -0.39 is 0 Å². The van der Waals surface area contributed by atoms with Crippen molar-refractivity contribution in [3.8, 4) is 0 Å². The predicted octanol–water partition coefficient (Wildman–Crippen LogP) is 1.62. The first-order chi connectivity index (χ1) is 6.66. The molecule has 2 heteroatoms. The Morgan fingerprint density at radius 3 is 2.79 bits per heavy atom. The average Bonchev–Trinajstić information content (AvgIpc) is 2.52. The molecule has 0 radical (unpaired) electrons. The van der Waals surface area contributed by atoms with E-state index in [0.29, 0.717) is 35.4 Å². The van der Waals surface area contributed by atoms with Gasteiger partial charge in [0.1, 0.15) is 5.78 Å². The van der Waals surface area contributed by atoms with E-state index in [1.807, 2.05) is 0 Å². The zero-order valence-corrected chi connectivity index (χ0v) is 8.65. The quantitative estimate of drug-likeness (QED) is 0.636. The fourth-order valence-corrected chi connectivity index (χ4v) is 4.19. The highest BCUT2D eigenvalue weighted by molar-refractivity contribution is 5.85. The third kappa shape index (κ3) is 1.04. The Labute approximate surface area is 84.7 Å². The Balaban J connectivity index is 1.91. The van der Waals surface area contributed by atoms with Crippen LogP contribution in [-0.4, -0.2) is 17.0 Å². The number of ketones is 1. The summed E-state index contributed by atoms with van der Waals surface area (Å²) in [5.74, 6) is 3.05. The molecule has 0 aromatic carbocycles. The topological polar surface area (TPSA) is 37.3 Å². The normalized spacial score (nSPS) is 56.3. The molecule has 0 saturated heterocycles. The average molecular weight is 194 g/mol. The summed E-state index contributed by atoms with van der Waals surface area (Å²) in [6.07, 6.45) is 3.86. The van der Waals surface area contributed by atoms with E-state index in [4.69, 9.17) is 0 Å². The first kappa shape index (κ1) is 8.90. The standard InChI is InChI=1S/C12H18O2/c1-6-2-9-7-3-8(5-10(6)13)12(9)11(14)4-7/h6-10,12-13H,2-5H2,1H3/t6-,7-,8-,9-,10-,12-/m0/s1. The minimum Gasteiger partial charge on any atom is -0.393 e. The summed E-state index contributed by atoms with van der Waals surface area (Å²) in [6.45, 7) is 2.13. The minimum absolute atomic E-state index is 0.153. The van der Waals surface area contributed by atoms with Crippen molar-refractivity contribution < 1.29 is 9.90 Å². The number of rotatable bonds is 0. The van der Waals surface area contributed by atoms with Gasteiger partial charge in [0.05, 0.1) is 6.10 Å². The van der Waals surface area contributed by atoms with Gasteiger partial charge < -0.3 is 5.11 Å². The molecule has 78 valence electrons. The third-order valence-electron chi connectivity index (χ3n) is 4.86. The summed E-state index contributed by atoms with van der Waals surface area (Å²) in [5, 5.41) is 9.88. The molecule has 3 aliphatic carbocycles. The van der Waals surface area contributed by atoms with Gasteiger partial charge in [0, 0.05) is 12.3 Å². The molecule has 0 unspecified atom stereocenters. The van der Waals surface area contributed by atoms with E-state index in [1.54, 1.807) is 0 Å². The maximum absolute atomic E-state index is 11.7. The Hall–Kier alpha value is -0.370. The van der Waals surface area contributed by atoms with Gasteiger partial charge in [-0.25, -0.2) is 0 Å². The summed E-state index contributed by atoms with van der Waals surface area (Å²) in [7, 11) is 0. The van der Waals surface area contributed by atoms with Crippen molar-refractivity contribution in [2.75, 3.05) is 0 Å². The largest absolute Gasteiger partial charge is 0.393 e. The smallest absolute Gasteiger partial charge is 0.136 e. The van der Waals surface area contributed by atoms with E-state index >= 15 is 0 Å². The zero-order valence-electron chi connectivity index (χ0n) is 8.65. The molecule has 14 heavy (non-hydrogen) atoms. The number of carbonyl (C=O) groups excluding carboxylic acids is 1. The molecule has 3 rings (SSSR count). The molecule has 0 heterocycles. The van der Waals surface area contributed by atoms with Crippen LogP contribution in [0.3, 0.4) is 0 Å². The van der Waals surface area contributed by atoms with Gasteiger partial charge in [-0.3, -0.25) is 4.79 Å². The van der Waals surface area contributed by atoms with Gasteiger partial charge in [0.2, 0.25) is 0 Å². The second-order valence-corrected chi connectivity index (χ2v) is 5.63. The van der Waals surface area contributed by atoms with Crippen LogP contribution in [-0.2, 0) is 4.79 Å². The fourth-order valence-electron chi connectivity index (χ4n) is 4.19. The summed E-state index contributed by atoms with van der Waals surface area (Å²) in [6, 6.07) is 0. The molecule has 3 saturated carbocycles. The summed E-state index contributed by atoms with van der Waals surface area (Å²) < 4.78 is 0. The van der Waals surface area contributed by atoms with Gasteiger partial charge in [0.25, 0.3) is 0 Å². The molecule has 2 nitrogen and oxygen atoms in total. The van der Waals surface area contributed by atoms with Crippen LogP contribution < -0.4 is 0 Å². The van der Waals surface area contributed by atoms with E-state index in [-0.39, 0.29) is 6.10 Å². The monoisotopic (exact) mass is 194 g/mol. The third-order valence-corrected chi connectivity index (χ3v) is 4.86. The molecular weight excluding hydrogens is 176 g/mol. The van der Waals surface area contributed by atoms with E-state index in [1.165, 1.54) is 6.42 Å². The second kappa shape index (κ2) is 2.82. The first-order valence-electron chi connectivity index (χ1n) is 5.87. The van der Waals surface area contributed by atoms with Crippen LogP contribution in [0.5, 0.6) is 0 Å². The maximum Gasteiger partial charge on any atom is 0.136 e. The molecule has 3 aliphatic rings. The van der Waals surface area contributed by atoms with Crippen LogP contribution in [0.1, 0.15) is 32.6 Å². The molecular formula is C12H18O2. The van der Waals surface area contributed by atoms with Crippen LogP contribution in [0.15, 0.2) is 0 Å². The Kier molecular flexibility index (Phi) is 1.79. The Morgan fingerprint density at radius 2 is 2.00 bits per heavy atom. The lowest BCUT2D eigenvalue weighted by Crippen LogP contribution is -2.25. The molecule has 0 spiro atoms. The molecule has 1 N–H and O–H groups in total. The van der Waals surface area contributed by atoms with Crippen LogP contribution >= 0.6 is 0 Å². The predicted molar refractivity (Wildman–Crippen MR) is 52.6 cm³/mol. The van der Waals surface area contributed by atoms with Gasteiger partial charge in [-0.05, 0) is 42.9 Å². The number of carbonyl (C=O) groups is 1. The molecule has 3 fully saturated rings. The lowest BCUT2D eigenvalue weighted by atomic mass is 9.82. The van der Waals surface area contributed by atoms with Gasteiger partial charge in [-0.2, -0.15) is 0 Å². The molecule has 0 aromatic rings. The lowest BCUT2D eigenvalue weighted by Gasteiger charge is -2.25. The van der Waals surface area contributed by atoms with Crippen molar-refractivity contribution in [1.82, 2.24) is 0 Å². The van der Waals surface area contributed by atoms with E-state index in [0.717, 1.165) is 19.3 Å². The summed E-state index contributed by atoms with van der Waals surface area (Å²) >= 11 is 0. The number of hydrogen-bond donors (Lipinski definition) is 1.